The molecule has 6 heteroatoms. The molecular weight excluding hydrogens is 514 g/mol. The molecule has 0 saturated heterocycles. The summed E-state index contributed by atoms with van der Waals surface area (Å²) in [5.41, 5.74) is 2.70. The third-order valence-electron chi connectivity index (χ3n) is 6.20. The first kappa shape index (κ1) is 23.7. The zero-order valence-electron chi connectivity index (χ0n) is 19.7. The lowest BCUT2D eigenvalue weighted by atomic mass is 10.1. The number of hydrogen-bond acceptors (Lipinski definition) is 3. The van der Waals surface area contributed by atoms with Crippen LogP contribution >= 0.6 is 15.9 Å². The van der Waals surface area contributed by atoms with Crippen LogP contribution in [0, 0.1) is 0 Å². The molecule has 5 aromatic rings. The van der Waals surface area contributed by atoms with Crippen molar-refractivity contribution < 1.29 is 4.79 Å². The van der Waals surface area contributed by atoms with E-state index in [9.17, 15) is 9.59 Å². The number of benzene rings is 4. The Labute approximate surface area is 217 Å². The summed E-state index contributed by atoms with van der Waals surface area (Å²) in [5, 5.41) is 0.528. The molecule has 0 radical (unpaired) electrons. The van der Waals surface area contributed by atoms with Gasteiger partial charge in [0.25, 0.3) is 11.5 Å². The van der Waals surface area contributed by atoms with E-state index in [2.05, 4.69) is 15.9 Å². The van der Waals surface area contributed by atoms with Gasteiger partial charge in [-0.25, -0.2) is 4.98 Å². The van der Waals surface area contributed by atoms with Gasteiger partial charge in [0.05, 0.1) is 22.6 Å². The molecule has 0 spiro atoms. The van der Waals surface area contributed by atoms with Gasteiger partial charge in [-0.1, -0.05) is 76.6 Å². The fourth-order valence-corrected chi connectivity index (χ4v) is 4.58. The van der Waals surface area contributed by atoms with Gasteiger partial charge in [-0.3, -0.25) is 14.2 Å². The topological polar surface area (TPSA) is 55.2 Å². The quantitative estimate of drug-likeness (QED) is 0.246. The summed E-state index contributed by atoms with van der Waals surface area (Å²) >= 11 is 3.47. The van der Waals surface area contributed by atoms with E-state index in [1.165, 1.54) is 0 Å². The van der Waals surface area contributed by atoms with Gasteiger partial charge in [-0.2, -0.15) is 0 Å². The molecule has 1 heterocycles. The highest BCUT2D eigenvalue weighted by atomic mass is 79.9. The average molecular weight is 538 g/mol. The van der Waals surface area contributed by atoms with Crippen molar-refractivity contribution in [2.45, 2.75) is 19.5 Å². The summed E-state index contributed by atoms with van der Waals surface area (Å²) < 4.78 is 2.53. The number of carbonyl (C=O) groups is 1. The molecule has 1 aromatic heterocycles. The van der Waals surface area contributed by atoms with Crippen LogP contribution in [-0.4, -0.2) is 20.4 Å². The lowest BCUT2D eigenvalue weighted by molar-refractivity contribution is 0.0664. The van der Waals surface area contributed by atoms with E-state index >= 15 is 0 Å². The minimum Gasteiger partial charge on any atom is -0.324 e. The van der Waals surface area contributed by atoms with Crippen LogP contribution in [0.25, 0.3) is 16.6 Å². The molecule has 36 heavy (non-hydrogen) atoms. The Balaban J connectivity index is 1.70. The van der Waals surface area contributed by atoms with E-state index in [4.69, 9.17) is 4.98 Å². The van der Waals surface area contributed by atoms with E-state index < -0.39 is 6.04 Å². The largest absolute Gasteiger partial charge is 0.324 e. The van der Waals surface area contributed by atoms with Gasteiger partial charge in [0.15, 0.2) is 0 Å². The SMILES string of the molecule is CC(c1nc2ccccc2c(=O)n1-c1ccc(Br)cc1)N(Cc1ccccc1)C(=O)c1ccccc1. The van der Waals surface area contributed by atoms with Crippen molar-refractivity contribution in [3.63, 3.8) is 0 Å². The summed E-state index contributed by atoms with van der Waals surface area (Å²) in [6.45, 7) is 2.30. The van der Waals surface area contributed by atoms with Gasteiger partial charge >= 0.3 is 0 Å². The molecule has 1 atom stereocenters. The molecule has 5 rings (SSSR count). The second-order valence-electron chi connectivity index (χ2n) is 8.56. The van der Waals surface area contributed by atoms with Crippen LogP contribution in [0.1, 0.15) is 34.7 Å². The van der Waals surface area contributed by atoms with Crippen LogP contribution in [0.5, 0.6) is 0 Å². The van der Waals surface area contributed by atoms with Crippen LogP contribution < -0.4 is 5.56 Å². The second-order valence-corrected chi connectivity index (χ2v) is 9.48. The lowest BCUT2D eigenvalue weighted by Crippen LogP contribution is -2.37. The Morgan fingerprint density at radius 2 is 1.47 bits per heavy atom. The maximum atomic E-state index is 13.8. The van der Waals surface area contributed by atoms with E-state index in [-0.39, 0.29) is 11.5 Å². The minimum absolute atomic E-state index is 0.128. The fourth-order valence-electron chi connectivity index (χ4n) is 4.32. The third-order valence-corrected chi connectivity index (χ3v) is 6.73. The van der Waals surface area contributed by atoms with Gasteiger partial charge in [0.1, 0.15) is 5.82 Å². The first-order valence-corrected chi connectivity index (χ1v) is 12.5. The van der Waals surface area contributed by atoms with Crippen molar-refractivity contribution in [3.05, 3.63) is 141 Å². The Kier molecular flexibility index (Phi) is 6.78. The maximum Gasteiger partial charge on any atom is 0.266 e. The molecule has 1 unspecified atom stereocenters. The third kappa shape index (κ3) is 4.72. The second kappa shape index (κ2) is 10.3. The lowest BCUT2D eigenvalue weighted by Gasteiger charge is -2.31. The van der Waals surface area contributed by atoms with Gasteiger partial charge in [0, 0.05) is 16.6 Å². The molecule has 0 aliphatic rings. The summed E-state index contributed by atoms with van der Waals surface area (Å²) in [4.78, 5) is 34.3. The summed E-state index contributed by atoms with van der Waals surface area (Å²) in [6, 6.07) is 33.4. The molecule has 0 saturated carbocycles. The van der Waals surface area contributed by atoms with Crippen LogP contribution in [0.15, 0.2) is 118 Å². The normalized spacial score (nSPS) is 11.8. The zero-order chi connectivity index (χ0) is 25.1. The van der Waals surface area contributed by atoms with Crippen molar-refractivity contribution in [1.82, 2.24) is 14.5 Å². The van der Waals surface area contributed by atoms with Crippen LogP contribution in [-0.2, 0) is 6.54 Å². The molecule has 0 N–H and O–H groups in total. The molecule has 0 bridgehead atoms. The summed E-state index contributed by atoms with van der Waals surface area (Å²) in [5.74, 6) is 0.373. The molecule has 1 amide bonds. The molecular formula is C30H24BrN3O2. The predicted molar refractivity (Wildman–Crippen MR) is 146 cm³/mol. The predicted octanol–water partition coefficient (Wildman–Crippen LogP) is 6.55. The highest BCUT2D eigenvalue weighted by molar-refractivity contribution is 9.10. The van der Waals surface area contributed by atoms with Crippen LogP contribution in [0.2, 0.25) is 0 Å². The number of hydrogen-bond donors (Lipinski definition) is 0. The smallest absolute Gasteiger partial charge is 0.266 e. The highest BCUT2D eigenvalue weighted by Crippen LogP contribution is 2.27. The Bertz CT molecular complexity index is 1570. The van der Waals surface area contributed by atoms with Crippen LogP contribution in [0.4, 0.5) is 0 Å². The molecule has 5 nitrogen and oxygen atoms in total. The van der Waals surface area contributed by atoms with Crippen molar-refractivity contribution in [2.24, 2.45) is 0 Å². The van der Waals surface area contributed by atoms with Gasteiger partial charge in [-0.05, 0) is 61.0 Å². The van der Waals surface area contributed by atoms with Gasteiger partial charge in [0.2, 0.25) is 0 Å². The van der Waals surface area contributed by atoms with E-state index in [0.29, 0.717) is 34.5 Å². The van der Waals surface area contributed by atoms with Crippen molar-refractivity contribution in [1.29, 1.82) is 0 Å². The number of para-hydroxylation sites is 1. The first-order valence-electron chi connectivity index (χ1n) is 11.7. The minimum atomic E-state index is -0.501. The maximum absolute atomic E-state index is 13.8. The summed E-state index contributed by atoms with van der Waals surface area (Å²) in [7, 11) is 0. The average Bonchev–Trinajstić information content (AvgIpc) is 2.93. The number of nitrogens with zero attached hydrogens (tertiary/aromatic N) is 3. The van der Waals surface area contributed by atoms with Crippen LogP contribution in [0.3, 0.4) is 0 Å². The standard InChI is InChI=1S/C30H24BrN3O2/c1-21(33(20-22-10-4-2-5-11-22)29(35)23-12-6-3-7-13-23)28-32-27-15-9-8-14-26(27)30(36)34(28)25-18-16-24(31)17-19-25/h2-19,21H,20H2,1H3. The number of rotatable bonds is 6. The van der Waals surface area contributed by atoms with E-state index in [1.807, 2.05) is 110 Å². The number of amides is 1. The Hall–Kier alpha value is -4.03. The van der Waals surface area contributed by atoms with E-state index in [0.717, 1.165) is 10.0 Å². The highest BCUT2D eigenvalue weighted by Gasteiger charge is 2.28. The monoisotopic (exact) mass is 537 g/mol. The zero-order valence-corrected chi connectivity index (χ0v) is 21.3. The first-order chi connectivity index (χ1) is 17.5. The number of fused-ring (bicyclic) bond motifs is 1. The van der Waals surface area contributed by atoms with Crippen molar-refractivity contribution in [3.8, 4) is 5.69 Å². The van der Waals surface area contributed by atoms with Gasteiger partial charge in [-0.15, -0.1) is 0 Å². The van der Waals surface area contributed by atoms with E-state index in [1.54, 1.807) is 15.5 Å². The Morgan fingerprint density at radius 1 is 0.861 bits per heavy atom. The molecule has 0 aliphatic heterocycles. The fraction of sp³-hybridized carbons (Fsp3) is 0.100. The molecule has 4 aromatic carbocycles. The molecule has 0 fully saturated rings. The van der Waals surface area contributed by atoms with Gasteiger partial charge < -0.3 is 4.90 Å². The number of halogens is 1. The molecule has 178 valence electrons. The summed E-state index contributed by atoms with van der Waals surface area (Å²) in [6.07, 6.45) is 0. The Morgan fingerprint density at radius 3 is 2.17 bits per heavy atom. The number of carbonyl (C=O) groups excluding carboxylic acids is 1. The molecule has 0 aliphatic carbocycles. The van der Waals surface area contributed by atoms with Crippen molar-refractivity contribution in [2.75, 3.05) is 0 Å². The van der Waals surface area contributed by atoms with Crippen molar-refractivity contribution >= 4 is 32.7 Å². The number of aromatic nitrogens is 2.